The fourth-order valence-corrected chi connectivity index (χ4v) is 5.52. The van der Waals surface area contributed by atoms with Gasteiger partial charge in [0.15, 0.2) is 6.23 Å². The van der Waals surface area contributed by atoms with E-state index < -0.39 is 65.8 Å². The molecule has 0 radical (unpaired) electrons. The Labute approximate surface area is 172 Å². The fourth-order valence-electron chi connectivity index (χ4n) is 2.30. The lowest BCUT2D eigenvalue weighted by atomic mass is 10.2. The molecule has 172 valence electrons. The Balaban J connectivity index is 2.35. The van der Waals surface area contributed by atoms with Crippen molar-refractivity contribution >= 4 is 42.1 Å². The quantitative estimate of drug-likeness (QED) is 0.106. The second-order valence-electron chi connectivity index (χ2n) is 5.66. The number of nitrogens with two attached hydrogens (primary N) is 1. The third-order valence-corrected chi connectivity index (χ3v) is 7.55. The first-order valence-corrected chi connectivity index (χ1v) is 12.4. The van der Waals surface area contributed by atoms with Crippen molar-refractivity contribution in [1.29, 1.82) is 0 Å². The number of nitrogen functional groups attached to an aromatic ring is 1. The van der Waals surface area contributed by atoms with Crippen LogP contribution in [0.5, 0.6) is 5.75 Å². The molecule has 2 unspecified atom stereocenters. The number of nitrogens with zero attached hydrogens (tertiary/aromatic N) is 2. The van der Waals surface area contributed by atoms with Crippen molar-refractivity contribution in [2.24, 2.45) is 0 Å². The van der Waals surface area contributed by atoms with Crippen LogP contribution in [0.1, 0.15) is 12.6 Å². The lowest BCUT2D eigenvalue weighted by molar-refractivity contribution is -0.502. The van der Waals surface area contributed by atoms with Crippen molar-refractivity contribution in [1.82, 2.24) is 4.57 Å². The lowest BCUT2D eigenvalue weighted by Gasteiger charge is -2.19. The van der Waals surface area contributed by atoms with E-state index in [4.69, 9.17) is 43.1 Å². The maximum Gasteiger partial charge on any atom is 0.536 e. The number of phosphoric ester groups is 1. The van der Waals surface area contributed by atoms with E-state index in [2.05, 4.69) is 13.1 Å². The molecule has 1 aliphatic rings. The summed E-state index contributed by atoms with van der Waals surface area (Å²) >= 11 is 4.73. The molecule has 17 nitrogen and oxygen atoms in total. The van der Waals surface area contributed by atoms with Crippen LogP contribution in [0.2, 0.25) is 0 Å². The molecule has 0 saturated carbocycles. The van der Waals surface area contributed by atoms with Crippen molar-refractivity contribution in [3.63, 3.8) is 0 Å². The molecule has 0 aliphatic carbocycles. The van der Waals surface area contributed by atoms with Gasteiger partial charge >= 0.3 is 29.2 Å². The summed E-state index contributed by atoms with van der Waals surface area (Å²) in [6.45, 7) is -0.580. The fraction of sp³-hybridized carbons (Fsp3) is 0.556. The van der Waals surface area contributed by atoms with Gasteiger partial charge in [-0.15, -0.1) is 0 Å². The highest BCUT2D eigenvalue weighted by Crippen LogP contribution is 2.66. The minimum atomic E-state index is -5.79. The van der Waals surface area contributed by atoms with Gasteiger partial charge in [-0.1, -0.05) is 0 Å². The van der Waals surface area contributed by atoms with Crippen LogP contribution in [0, 0.1) is 0 Å². The molecule has 0 bridgehead atoms. The van der Waals surface area contributed by atoms with Crippen molar-refractivity contribution in [2.45, 2.75) is 24.9 Å². The second kappa shape index (κ2) is 8.88. The van der Waals surface area contributed by atoms with Gasteiger partial charge < -0.3 is 56.7 Å². The monoisotopic (exact) mass is 515 g/mol. The van der Waals surface area contributed by atoms with E-state index in [1.54, 1.807) is 0 Å². The molecule has 1 aromatic heterocycles. The minimum absolute atomic E-state index is 0.195. The van der Waals surface area contributed by atoms with Crippen molar-refractivity contribution in [2.75, 3.05) is 12.3 Å². The van der Waals surface area contributed by atoms with Gasteiger partial charge in [0.2, 0.25) is 5.75 Å². The van der Waals surface area contributed by atoms with E-state index in [9.17, 15) is 28.5 Å². The zero-order valence-electron chi connectivity index (χ0n) is 14.4. The summed E-state index contributed by atoms with van der Waals surface area (Å²) in [5, 5.41) is 18.9. The van der Waals surface area contributed by atoms with Crippen LogP contribution >= 0.6 is 23.5 Å². The summed E-state index contributed by atoms with van der Waals surface area (Å²) in [5.74, 6) is -1.57. The molecule has 21 heteroatoms. The third kappa shape index (κ3) is 6.27. The van der Waals surface area contributed by atoms with Gasteiger partial charge in [-0.2, -0.15) is 8.62 Å². The highest BCUT2D eigenvalue weighted by molar-refractivity contribution is 7.66. The number of aromatic nitrogens is 2. The third-order valence-electron chi connectivity index (χ3n) is 3.45. The van der Waals surface area contributed by atoms with Crippen molar-refractivity contribution in [3.8, 4) is 5.75 Å². The van der Waals surface area contributed by atoms with Crippen LogP contribution in [0.15, 0.2) is 11.0 Å². The zero-order chi connectivity index (χ0) is 23.1. The summed E-state index contributed by atoms with van der Waals surface area (Å²) in [6.07, 6.45) is -2.90. The van der Waals surface area contributed by atoms with E-state index >= 15 is 0 Å². The average molecular weight is 515 g/mol. The van der Waals surface area contributed by atoms with Crippen LogP contribution in [0.4, 0.5) is 5.82 Å². The molecule has 2 rings (SSSR count). The highest BCUT2D eigenvalue weighted by Gasteiger charge is 2.43. The molecule has 8 N–H and O–H groups in total. The number of rotatable bonds is 8. The Morgan fingerprint density at radius 1 is 1.23 bits per heavy atom. The molecule has 2 heterocycles. The van der Waals surface area contributed by atoms with Gasteiger partial charge in [0, 0.05) is 6.42 Å². The molecule has 0 amide bonds. The summed E-state index contributed by atoms with van der Waals surface area (Å²) in [7, 11) is -17.0. The lowest BCUT2D eigenvalue weighted by Crippen LogP contribution is -2.53. The van der Waals surface area contributed by atoms with Crippen LogP contribution in [0.25, 0.3) is 0 Å². The van der Waals surface area contributed by atoms with Gasteiger partial charge in [-0.05, 0) is 0 Å². The maximum absolute atomic E-state index is 12.3. The van der Waals surface area contributed by atoms with Gasteiger partial charge in [0.25, 0.3) is 5.82 Å². The summed E-state index contributed by atoms with van der Waals surface area (Å²) in [6, 6.07) is 0. The number of ether oxygens (including phenoxy) is 1. The first-order chi connectivity index (χ1) is 13.6. The molecule has 1 aliphatic heterocycles. The predicted octanol–water partition coefficient (Wildman–Crippen LogP) is -2.63. The normalized spacial score (nSPS) is 26.1. The molecule has 0 spiro atoms. The molecule has 1 fully saturated rings. The van der Waals surface area contributed by atoms with Gasteiger partial charge in [0.1, 0.15) is 12.3 Å². The van der Waals surface area contributed by atoms with Crippen LogP contribution in [-0.4, -0.2) is 53.2 Å². The number of anilines is 1. The first kappa shape index (κ1) is 25.3. The Hall–Kier alpha value is -0.970. The van der Waals surface area contributed by atoms with E-state index in [1.807, 2.05) is 0 Å². The molecule has 0 aromatic carbocycles. The van der Waals surface area contributed by atoms with E-state index in [0.717, 1.165) is 0 Å². The van der Waals surface area contributed by atoms with Crippen LogP contribution in [-0.2, 0) is 39.9 Å². The number of hydrogen-bond donors (Lipinski definition) is 7. The van der Waals surface area contributed by atoms with Crippen molar-refractivity contribution in [3.05, 3.63) is 16.7 Å². The number of hydrogen-bond acceptors (Lipinski definition) is 12. The van der Waals surface area contributed by atoms with E-state index in [1.165, 1.54) is 0 Å². The number of phosphoric acid groups is 3. The molecule has 30 heavy (non-hydrogen) atoms. The summed E-state index contributed by atoms with van der Waals surface area (Å²) in [5.41, 5.74) is 4.52. The zero-order valence-corrected chi connectivity index (χ0v) is 17.9. The Kier molecular flexibility index (Phi) is 7.48. The largest absolute Gasteiger partial charge is 0.592 e. The standard InChI is InChI=1S/C9H16N3O14P3S/c10-8-5(24-28(19,20)26-29(21,22)25-27(16,17)18)2-11(9(15)12(8)30)7-1-4(14)6(3-13)23-7/h2,4,6-7,13-14H,1,3,10H2,(H,19,20)(H,21,22)(H2,16,17,18)/t4-,6+,7+/m0/s1. The van der Waals surface area contributed by atoms with E-state index in [-0.39, 0.29) is 6.42 Å². The first-order valence-electron chi connectivity index (χ1n) is 7.47. The molecular weight excluding hydrogens is 499 g/mol. The Bertz CT molecular complexity index is 1010. The highest BCUT2D eigenvalue weighted by atomic mass is 32.1. The van der Waals surface area contributed by atoms with Gasteiger partial charge in [0.05, 0.1) is 12.7 Å². The maximum atomic E-state index is 12.3. The predicted molar refractivity (Wildman–Crippen MR) is 94.2 cm³/mol. The number of aliphatic hydroxyl groups is 2. The molecular formula is C9H16N3O14P3S. The SMILES string of the molecule is Nc1c(OP(=O)(O)OP(=O)(O)OP(=O)(O)O)cn([C@H]2C[C@H](O)[C@@H](CO)O2)c(=O)[n+]1[S-]. The molecule has 5 atom stereocenters. The molecule has 1 aromatic rings. The topological polar surface area (TPSA) is 261 Å². The van der Waals surface area contributed by atoms with Crippen LogP contribution < -0.4 is 19.9 Å². The molecule has 1 saturated heterocycles. The summed E-state index contributed by atoms with van der Waals surface area (Å²) < 4.78 is 51.9. The van der Waals surface area contributed by atoms with Crippen molar-refractivity contribution < 1.29 is 65.3 Å². The Morgan fingerprint density at radius 2 is 1.83 bits per heavy atom. The Morgan fingerprint density at radius 3 is 2.33 bits per heavy atom. The van der Waals surface area contributed by atoms with Gasteiger partial charge in [-0.25, -0.2) is 23.1 Å². The van der Waals surface area contributed by atoms with E-state index in [0.29, 0.717) is 14.7 Å². The smallest absolute Gasteiger partial charge is 0.536 e. The average Bonchev–Trinajstić information content (AvgIpc) is 2.92. The van der Waals surface area contributed by atoms with Gasteiger partial charge in [-0.3, -0.25) is 4.89 Å². The second-order valence-corrected chi connectivity index (χ2v) is 10.4. The number of aliphatic hydroxyl groups excluding tert-OH is 2. The van der Waals surface area contributed by atoms with Crippen LogP contribution in [0.3, 0.4) is 0 Å². The minimum Gasteiger partial charge on any atom is -0.592 e. The summed E-state index contributed by atoms with van der Waals surface area (Å²) in [4.78, 5) is 48.1.